The molecule has 1 radical (unpaired) electrons. The molecule has 1 nitrogen and oxygen atoms in total. The maximum absolute atomic E-state index is 2.99. The summed E-state index contributed by atoms with van der Waals surface area (Å²) in [5, 5.41) is 2.99. The molecule has 0 spiro atoms. The highest BCUT2D eigenvalue weighted by Gasteiger charge is 1.99. The summed E-state index contributed by atoms with van der Waals surface area (Å²) < 4.78 is 0. The Morgan fingerprint density at radius 2 is 2.25 bits per heavy atom. The second kappa shape index (κ2) is 0.807. The third-order valence-corrected chi connectivity index (χ3v) is 0.577. The lowest BCUT2D eigenvalue weighted by molar-refractivity contribution is 1.44. The van der Waals surface area contributed by atoms with Crippen LogP contribution in [-0.2, 0) is 0 Å². The third kappa shape index (κ3) is 0.148. The van der Waals surface area contributed by atoms with Crippen molar-refractivity contribution in [3.8, 4) is 0 Å². The molecular formula is CH4B2N. The fraction of sp³-hybridized carbons (Fsp3) is 1.00. The molecular weight excluding hydrogens is 47.6 g/mol. The Labute approximate surface area is 27.3 Å². The lowest BCUT2D eigenvalue weighted by atomic mass is 9.55. The van der Waals surface area contributed by atoms with Crippen LogP contribution in [0.5, 0.6) is 0 Å². The largest absolute Gasteiger partial charge is 0.406 e. The Morgan fingerprint density at radius 3 is 2.25 bits per heavy atom. The average molecular weight is 51.7 g/mol. The Balaban J connectivity index is 2.00. The van der Waals surface area contributed by atoms with Crippen LogP contribution in [0.1, 0.15) is 0 Å². The first-order chi connectivity index (χ1) is 2.00. The van der Waals surface area contributed by atoms with E-state index in [1.807, 2.05) is 0 Å². The molecule has 3 heteroatoms. The van der Waals surface area contributed by atoms with E-state index in [1.54, 1.807) is 0 Å². The predicted octanol–water partition coefficient (Wildman–Crippen LogP) is -1.06. The maximum atomic E-state index is 2.99. The fourth-order valence-corrected chi connectivity index (χ4v) is 0.144. The van der Waals surface area contributed by atoms with Gasteiger partial charge in [0.25, 0.3) is 0 Å². The number of hydrogen-bond acceptors (Lipinski definition) is 1. The van der Waals surface area contributed by atoms with Crippen molar-refractivity contribution in [2.75, 3.05) is 0 Å². The SMILES string of the molecule is [B]1CBN1. The Hall–Kier alpha value is 0.0899. The zero-order chi connectivity index (χ0) is 2.83. The molecule has 0 unspecified atom stereocenters. The molecule has 4 heavy (non-hydrogen) atoms. The first-order valence-corrected chi connectivity index (χ1v) is 1.55. The van der Waals surface area contributed by atoms with Gasteiger partial charge < -0.3 is 5.14 Å². The maximum Gasteiger partial charge on any atom is 0.185 e. The lowest BCUT2D eigenvalue weighted by Gasteiger charge is -2.05. The van der Waals surface area contributed by atoms with E-state index in [9.17, 15) is 0 Å². The van der Waals surface area contributed by atoms with Crippen molar-refractivity contribution >= 4 is 14.8 Å². The van der Waals surface area contributed by atoms with Crippen molar-refractivity contribution in [3.63, 3.8) is 0 Å². The monoisotopic (exact) mass is 52.1 g/mol. The summed E-state index contributed by atoms with van der Waals surface area (Å²) in [6.07, 6.45) is 1.26. The topological polar surface area (TPSA) is 12.0 Å². The smallest absolute Gasteiger partial charge is 0.185 e. The molecule has 1 N–H and O–H groups in total. The third-order valence-electron chi connectivity index (χ3n) is 0.577. The second-order valence-corrected chi connectivity index (χ2v) is 0.947. The van der Waals surface area contributed by atoms with Gasteiger partial charge in [0.15, 0.2) is 14.8 Å². The molecule has 0 bridgehead atoms. The molecule has 19 valence electrons. The highest BCUT2D eigenvalue weighted by molar-refractivity contribution is 6.70. The number of nitrogens with one attached hydrogen (secondary N) is 1. The number of rotatable bonds is 0. The molecule has 1 rings (SSSR count). The van der Waals surface area contributed by atoms with Gasteiger partial charge in [-0.3, -0.25) is 0 Å². The van der Waals surface area contributed by atoms with Crippen LogP contribution < -0.4 is 5.14 Å². The minimum atomic E-state index is 1.19. The van der Waals surface area contributed by atoms with E-state index in [-0.39, 0.29) is 0 Å². The molecule has 0 atom stereocenters. The Morgan fingerprint density at radius 1 is 2.00 bits per heavy atom. The second-order valence-electron chi connectivity index (χ2n) is 0.947. The standard InChI is InChI=1S/CH4B2N/c1-2-4-3-1/h2,4H,1H2. The van der Waals surface area contributed by atoms with Crippen LogP contribution in [0.4, 0.5) is 0 Å². The van der Waals surface area contributed by atoms with Crippen molar-refractivity contribution in [1.82, 2.24) is 5.14 Å². The van der Waals surface area contributed by atoms with Crippen LogP contribution in [-0.4, -0.2) is 14.8 Å². The zero-order valence-corrected chi connectivity index (χ0v) is 2.49. The highest BCUT2D eigenvalue weighted by atomic mass is 14.7. The molecule has 1 saturated heterocycles. The van der Waals surface area contributed by atoms with E-state index >= 15 is 0 Å². The Bertz CT molecular complexity index is 14.0. The van der Waals surface area contributed by atoms with Crippen LogP contribution in [0.3, 0.4) is 0 Å². The molecule has 1 fully saturated rings. The molecule has 0 aromatic rings. The first-order valence-electron chi connectivity index (χ1n) is 1.55. The molecule has 0 aliphatic carbocycles. The van der Waals surface area contributed by atoms with Gasteiger partial charge >= 0.3 is 0 Å². The molecule has 0 amide bonds. The summed E-state index contributed by atoms with van der Waals surface area (Å²) in [4.78, 5) is 0. The molecule has 1 aliphatic rings. The van der Waals surface area contributed by atoms with Gasteiger partial charge in [0.2, 0.25) is 0 Å². The van der Waals surface area contributed by atoms with Crippen molar-refractivity contribution in [1.29, 1.82) is 0 Å². The normalized spacial score (nSPS) is 20.0. The lowest BCUT2D eigenvalue weighted by Crippen LogP contribution is -2.36. The van der Waals surface area contributed by atoms with Crippen LogP contribution in [0.15, 0.2) is 0 Å². The van der Waals surface area contributed by atoms with Crippen LogP contribution in [0, 0.1) is 0 Å². The van der Waals surface area contributed by atoms with Crippen molar-refractivity contribution < 1.29 is 0 Å². The Kier molecular flexibility index (Phi) is 0.471. The first kappa shape index (κ1) is 2.33. The van der Waals surface area contributed by atoms with E-state index in [0.717, 1.165) is 0 Å². The average Bonchev–Trinajstić information content (AvgIpc) is 0.722. The van der Waals surface area contributed by atoms with Crippen molar-refractivity contribution in [3.05, 3.63) is 0 Å². The summed E-state index contributed by atoms with van der Waals surface area (Å²) in [6.45, 7) is 0. The van der Waals surface area contributed by atoms with Gasteiger partial charge in [-0.15, -0.1) is 0 Å². The van der Waals surface area contributed by atoms with Crippen LogP contribution >= 0.6 is 0 Å². The summed E-state index contributed by atoms with van der Waals surface area (Å²) in [6, 6.07) is 0. The number of hydrogen-bond donors (Lipinski definition) is 1. The summed E-state index contributed by atoms with van der Waals surface area (Å²) in [7, 11) is 3.25. The molecule has 0 aromatic carbocycles. The van der Waals surface area contributed by atoms with Crippen molar-refractivity contribution in [2.24, 2.45) is 0 Å². The van der Waals surface area contributed by atoms with Crippen LogP contribution in [0.25, 0.3) is 0 Å². The van der Waals surface area contributed by atoms with E-state index < -0.39 is 0 Å². The van der Waals surface area contributed by atoms with E-state index in [4.69, 9.17) is 0 Å². The quantitative estimate of drug-likeness (QED) is 0.346. The highest BCUT2D eigenvalue weighted by Crippen LogP contribution is 1.74. The summed E-state index contributed by atoms with van der Waals surface area (Å²) in [5.74, 6) is 0. The van der Waals surface area contributed by atoms with E-state index in [0.29, 0.717) is 0 Å². The van der Waals surface area contributed by atoms with Gasteiger partial charge in [0.1, 0.15) is 0 Å². The van der Waals surface area contributed by atoms with Gasteiger partial charge in [-0.2, -0.15) is 0 Å². The van der Waals surface area contributed by atoms with Gasteiger partial charge in [-0.25, -0.2) is 0 Å². The summed E-state index contributed by atoms with van der Waals surface area (Å²) >= 11 is 0. The molecule has 0 saturated carbocycles. The molecule has 0 aromatic heterocycles. The van der Waals surface area contributed by atoms with E-state index in [2.05, 4.69) is 12.6 Å². The van der Waals surface area contributed by atoms with Gasteiger partial charge in [-0.1, -0.05) is 6.22 Å². The predicted molar refractivity (Wildman–Crippen MR) is 20.8 cm³/mol. The zero-order valence-electron chi connectivity index (χ0n) is 2.49. The van der Waals surface area contributed by atoms with Gasteiger partial charge in [0.05, 0.1) is 0 Å². The fourth-order valence-electron chi connectivity index (χ4n) is 0.144. The minimum absolute atomic E-state index is 1.19. The molecule has 1 heterocycles. The van der Waals surface area contributed by atoms with Gasteiger partial charge in [0, 0.05) is 0 Å². The summed E-state index contributed by atoms with van der Waals surface area (Å²) in [5.41, 5.74) is 0. The van der Waals surface area contributed by atoms with Crippen molar-refractivity contribution in [2.45, 2.75) is 6.22 Å². The van der Waals surface area contributed by atoms with E-state index in [1.165, 1.54) is 13.6 Å². The van der Waals surface area contributed by atoms with Crippen LogP contribution in [0.2, 0.25) is 6.22 Å². The van der Waals surface area contributed by atoms with Gasteiger partial charge in [-0.05, 0) is 0 Å². The minimum Gasteiger partial charge on any atom is -0.406 e. The molecule has 1 aliphatic heterocycles.